The van der Waals surface area contributed by atoms with Crippen LogP contribution in [0.15, 0.2) is 41.3 Å². The molecule has 1 N–H and O–H groups in total. The van der Waals surface area contributed by atoms with Gasteiger partial charge in [0.2, 0.25) is 5.91 Å². The van der Waals surface area contributed by atoms with E-state index in [2.05, 4.69) is 21.8 Å². The van der Waals surface area contributed by atoms with E-state index >= 15 is 0 Å². The first kappa shape index (κ1) is 30.2. The fraction of sp³-hybridized carbons (Fsp3) is 0.562. The number of rotatable bonds is 1. The van der Waals surface area contributed by atoms with E-state index in [0.29, 0.717) is 43.5 Å². The fourth-order valence-corrected chi connectivity index (χ4v) is 8.73. The minimum absolute atomic E-state index is 0.0202. The van der Waals surface area contributed by atoms with Gasteiger partial charge in [-0.15, -0.1) is 0 Å². The molecule has 0 radical (unpaired) electrons. The molecule has 1 saturated carbocycles. The third-order valence-corrected chi connectivity index (χ3v) is 11.8. The summed E-state index contributed by atoms with van der Waals surface area (Å²) in [7, 11) is -0.979. The number of carbonyl (C=O) groups excluding carboxylic acids is 2. The van der Waals surface area contributed by atoms with Crippen molar-refractivity contribution in [3.63, 3.8) is 0 Å². The number of carbonyl (C=O) groups is 2. The zero-order chi connectivity index (χ0) is 30.5. The molecule has 2 amide bonds. The standard InChI is InChI=1S/C32H40ClN3O6S/c1-20-31(38)34-43(39,40)24-8-11-29-27(16-24)36(17-22-6-9-25(22)28(41-3)12-13-30(37)35(20)2)18-32(19-42-29)14-4-5-21-15-23(33)7-10-26(21)32/h7-8,10-11,15-16,20,22,25,28H,4-6,9,12-14,17-19H2,1-3H3,(H,34,38)/t20?,22-,25+,28?,32-/m0/s1. The molecule has 2 bridgehead atoms. The van der Waals surface area contributed by atoms with Crippen LogP contribution in [0.4, 0.5) is 5.69 Å². The van der Waals surface area contributed by atoms with Crippen molar-refractivity contribution in [3.05, 3.63) is 52.5 Å². The Balaban J connectivity index is 1.44. The molecule has 0 aromatic heterocycles. The Labute approximate surface area is 258 Å². The average Bonchev–Trinajstić information content (AvgIpc) is 3.12. The number of likely N-dealkylation sites (N-methyl/N-ethyl adjacent to an activating group) is 1. The van der Waals surface area contributed by atoms with Crippen LogP contribution in [-0.2, 0) is 36.2 Å². The summed E-state index contributed by atoms with van der Waals surface area (Å²) in [4.78, 5) is 29.6. The van der Waals surface area contributed by atoms with E-state index in [-0.39, 0.29) is 34.7 Å². The van der Waals surface area contributed by atoms with Gasteiger partial charge in [0.05, 0.1) is 23.3 Å². The highest BCUT2D eigenvalue weighted by Crippen LogP contribution is 2.47. The molecule has 2 aliphatic carbocycles. The second-order valence-corrected chi connectivity index (χ2v) is 14.8. The lowest BCUT2D eigenvalue weighted by Gasteiger charge is -2.46. The van der Waals surface area contributed by atoms with E-state index in [1.807, 2.05) is 6.07 Å². The van der Waals surface area contributed by atoms with Crippen molar-refractivity contribution in [2.45, 2.75) is 74.3 Å². The third kappa shape index (κ3) is 5.62. The van der Waals surface area contributed by atoms with Crippen molar-refractivity contribution in [1.29, 1.82) is 0 Å². The summed E-state index contributed by atoms with van der Waals surface area (Å²) in [5.41, 5.74) is 2.89. The van der Waals surface area contributed by atoms with Crippen molar-refractivity contribution < 1.29 is 27.5 Å². The normalized spacial score (nSPS) is 30.8. The SMILES string of the molecule is COC1CCC(=O)N(C)C(C)C(=O)NS(=O)(=O)c2ccc3c(c2)N(C[C@@H]2CC[C@@H]12)C[C@@]1(CCCc2cc(Cl)ccc21)CO3. The number of amides is 2. The fourth-order valence-electron chi connectivity index (χ4n) is 7.47. The number of nitrogens with one attached hydrogen (secondary N) is 1. The Kier molecular flexibility index (Phi) is 8.15. The van der Waals surface area contributed by atoms with E-state index < -0.39 is 22.0 Å². The summed E-state index contributed by atoms with van der Waals surface area (Å²) >= 11 is 6.39. The Morgan fingerprint density at radius 2 is 1.91 bits per heavy atom. The van der Waals surface area contributed by atoms with E-state index in [9.17, 15) is 18.0 Å². The predicted octanol–water partition coefficient (Wildman–Crippen LogP) is 4.30. The van der Waals surface area contributed by atoms with Crippen LogP contribution in [0.25, 0.3) is 0 Å². The molecule has 11 heteroatoms. The summed E-state index contributed by atoms with van der Waals surface area (Å²) in [5, 5.41) is 0.720. The average molecular weight is 630 g/mol. The van der Waals surface area contributed by atoms with Crippen LogP contribution in [-0.4, -0.2) is 71.1 Å². The molecular weight excluding hydrogens is 590 g/mol. The summed E-state index contributed by atoms with van der Waals surface area (Å²) < 4.78 is 41.6. The van der Waals surface area contributed by atoms with Crippen LogP contribution < -0.4 is 14.4 Å². The maximum Gasteiger partial charge on any atom is 0.264 e. The molecule has 2 aliphatic heterocycles. The molecule has 43 heavy (non-hydrogen) atoms. The molecule has 1 spiro atoms. The number of halogens is 1. The van der Waals surface area contributed by atoms with Crippen molar-refractivity contribution in [3.8, 4) is 5.75 Å². The second-order valence-electron chi connectivity index (χ2n) is 12.7. The van der Waals surface area contributed by atoms with Gasteiger partial charge in [-0.2, -0.15) is 0 Å². The van der Waals surface area contributed by atoms with Gasteiger partial charge in [-0.3, -0.25) is 9.59 Å². The molecule has 9 nitrogen and oxygen atoms in total. The predicted molar refractivity (Wildman–Crippen MR) is 164 cm³/mol. The summed E-state index contributed by atoms with van der Waals surface area (Å²) in [5.74, 6) is 0.219. The number of methoxy groups -OCH3 is 1. The molecule has 2 unspecified atom stereocenters. The highest BCUT2D eigenvalue weighted by atomic mass is 35.5. The maximum absolute atomic E-state index is 13.5. The molecule has 2 aromatic carbocycles. The van der Waals surface area contributed by atoms with Gasteiger partial charge in [0.25, 0.3) is 15.9 Å². The van der Waals surface area contributed by atoms with Crippen molar-refractivity contribution in [2.24, 2.45) is 11.8 Å². The van der Waals surface area contributed by atoms with Crippen LogP contribution in [0.3, 0.4) is 0 Å². The topological polar surface area (TPSA) is 105 Å². The molecule has 2 heterocycles. The monoisotopic (exact) mass is 629 g/mol. The summed E-state index contributed by atoms with van der Waals surface area (Å²) in [6.45, 7) is 3.36. The number of hydrogen-bond donors (Lipinski definition) is 1. The van der Waals surface area contributed by atoms with E-state index in [4.69, 9.17) is 21.1 Å². The molecule has 5 atom stereocenters. The number of aryl methyl sites for hydroxylation is 1. The van der Waals surface area contributed by atoms with Crippen LogP contribution >= 0.6 is 11.6 Å². The van der Waals surface area contributed by atoms with E-state index in [1.54, 1.807) is 19.2 Å². The van der Waals surface area contributed by atoms with Crippen LogP contribution in [0.1, 0.15) is 56.6 Å². The lowest BCUT2D eigenvalue weighted by molar-refractivity contribution is -0.138. The van der Waals surface area contributed by atoms with Gasteiger partial charge in [-0.05, 0) is 98.7 Å². The number of nitrogens with zero attached hydrogens (tertiary/aromatic N) is 2. The molecule has 0 saturated heterocycles. The molecular formula is C32H40ClN3O6S. The Morgan fingerprint density at radius 3 is 2.65 bits per heavy atom. The number of fused-ring (bicyclic) bond motifs is 4. The molecule has 6 rings (SSSR count). The summed E-state index contributed by atoms with van der Waals surface area (Å²) in [6, 6.07) is 9.97. The van der Waals surface area contributed by atoms with E-state index in [0.717, 1.165) is 37.1 Å². The van der Waals surface area contributed by atoms with Gasteiger partial charge in [-0.25, -0.2) is 13.1 Å². The van der Waals surface area contributed by atoms with Gasteiger partial charge >= 0.3 is 0 Å². The minimum Gasteiger partial charge on any atom is -0.490 e. The van der Waals surface area contributed by atoms with Gasteiger partial charge in [0.15, 0.2) is 0 Å². The molecule has 4 aliphatic rings. The van der Waals surface area contributed by atoms with Gasteiger partial charge in [0, 0.05) is 44.1 Å². The molecule has 232 valence electrons. The second kappa shape index (κ2) is 11.6. The highest BCUT2D eigenvalue weighted by Gasteiger charge is 2.45. The van der Waals surface area contributed by atoms with Crippen LogP contribution in [0, 0.1) is 11.8 Å². The van der Waals surface area contributed by atoms with Crippen LogP contribution in [0.5, 0.6) is 5.75 Å². The Morgan fingerprint density at radius 1 is 1.09 bits per heavy atom. The number of anilines is 1. The lowest BCUT2D eigenvalue weighted by atomic mass is 9.68. The minimum atomic E-state index is -4.21. The van der Waals surface area contributed by atoms with Gasteiger partial charge in [0.1, 0.15) is 11.8 Å². The van der Waals surface area contributed by atoms with Crippen LogP contribution in [0.2, 0.25) is 5.02 Å². The molecule has 1 fully saturated rings. The smallest absolute Gasteiger partial charge is 0.264 e. The largest absolute Gasteiger partial charge is 0.490 e. The zero-order valence-corrected chi connectivity index (χ0v) is 26.5. The Bertz CT molecular complexity index is 1530. The third-order valence-electron chi connectivity index (χ3n) is 10.3. The number of benzene rings is 2. The zero-order valence-electron chi connectivity index (χ0n) is 25.0. The van der Waals surface area contributed by atoms with Crippen molar-refractivity contribution >= 4 is 39.1 Å². The van der Waals surface area contributed by atoms with E-state index in [1.165, 1.54) is 36.1 Å². The summed E-state index contributed by atoms with van der Waals surface area (Å²) in [6.07, 6.45) is 5.59. The van der Waals surface area contributed by atoms with Gasteiger partial charge < -0.3 is 19.3 Å². The maximum atomic E-state index is 13.5. The van der Waals surface area contributed by atoms with Crippen molar-refractivity contribution in [2.75, 3.05) is 38.8 Å². The van der Waals surface area contributed by atoms with Crippen molar-refractivity contribution in [1.82, 2.24) is 9.62 Å². The molecule has 2 aromatic rings. The highest BCUT2D eigenvalue weighted by molar-refractivity contribution is 7.90. The number of ether oxygens (including phenoxy) is 2. The first-order valence-corrected chi connectivity index (χ1v) is 17.0. The number of hydrogen-bond acceptors (Lipinski definition) is 7. The quantitative estimate of drug-likeness (QED) is 0.502. The number of sulfonamides is 1. The van der Waals surface area contributed by atoms with Gasteiger partial charge in [-0.1, -0.05) is 17.7 Å². The first-order chi connectivity index (χ1) is 20.5. The lowest BCUT2D eigenvalue weighted by Crippen LogP contribution is -2.50. The Hall–Kier alpha value is -2.82. The first-order valence-electron chi connectivity index (χ1n) is 15.2.